The van der Waals surface area contributed by atoms with Crippen LogP contribution >= 0.6 is 11.8 Å². The smallest absolute Gasteiger partial charge is 0.263 e. The lowest BCUT2D eigenvalue weighted by Crippen LogP contribution is -2.41. The van der Waals surface area contributed by atoms with Crippen molar-refractivity contribution in [2.75, 3.05) is 5.32 Å². The van der Waals surface area contributed by atoms with Crippen LogP contribution in [0.3, 0.4) is 0 Å². The number of nitrogens with one attached hydrogen (secondary N) is 1. The Balaban J connectivity index is 1.46. The van der Waals surface area contributed by atoms with Gasteiger partial charge in [0.15, 0.2) is 11.2 Å². The van der Waals surface area contributed by atoms with Crippen molar-refractivity contribution >= 4 is 46.0 Å². The summed E-state index contributed by atoms with van der Waals surface area (Å²) in [5.41, 5.74) is 6.45. The highest BCUT2D eigenvalue weighted by Gasteiger charge is 2.43. The molecule has 0 spiro atoms. The van der Waals surface area contributed by atoms with Gasteiger partial charge in [-0.15, -0.1) is 0 Å². The van der Waals surface area contributed by atoms with Gasteiger partial charge in [0, 0.05) is 11.3 Å². The SMILES string of the molecule is CC[C@@H](SC1=Nc2ccccc2C2=N[C@@H](c3ccccc3)C(=O)N12)C(=O)Nc1c(C)cc(C)cc1C. The number of thioether (sulfide) groups is 1. The molecule has 2 aliphatic heterocycles. The van der Waals surface area contributed by atoms with Crippen molar-refractivity contribution < 1.29 is 9.59 Å². The molecule has 182 valence electrons. The highest BCUT2D eigenvalue weighted by atomic mass is 32.2. The van der Waals surface area contributed by atoms with Crippen molar-refractivity contribution in [3.05, 3.63) is 94.5 Å². The maximum atomic E-state index is 13.6. The van der Waals surface area contributed by atoms with Gasteiger partial charge >= 0.3 is 0 Å². The number of rotatable bonds is 5. The minimum Gasteiger partial charge on any atom is -0.325 e. The number of fused-ring (bicyclic) bond motifs is 3. The highest BCUT2D eigenvalue weighted by molar-refractivity contribution is 8.15. The van der Waals surface area contributed by atoms with Gasteiger partial charge in [-0.25, -0.2) is 14.9 Å². The van der Waals surface area contributed by atoms with E-state index in [9.17, 15) is 9.59 Å². The number of aliphatic imine (C=N–C) groups is 2. The number of hydrogen-bond acceptors (Lipinski definition) is 5. The minimum absolute atomic E-state index is 0.108. The number of anilines is 1. The lowest BCUT2D eigenvalue weighted by molar-refractivity contribution is -0.124. The van der Waals surface area contributed by atoms with Crippen LogP contribution < -0.4 is 5.32 Å². The van der Waals surface area contributed by atoms with E-state index >= 15 is 0 Å². The third-order valence-corrected chi connectivity index (χ3v) is 7.74. The molecular weight excluding hydrogens is 468 g/mol. The molecule has 0 bridgehead atoms. The average molecular weight is 497 g/mol. The Bertz CT molecular complexity index is 1390. The van der Waals surface area contributed by atoms with Crippen molar-refractivity contribution in [1.29, 1.82) is 0 Å². The molecule has 0 aliphatic carbocycles. The molecule has 2 amide bonds. The first-order valence-electron chi connectivity index (χ1n) is 12.1. The van der Waals surface area contributed by atoms with E-state index in [1.165, 1.54) is 11.8 Å². The zero-order valence-electron chi connectivity index (χ0n) is 20.8. The second kappa shape index (κ2) is 9.74. The molecule has 0 fully saturated rings. The van der Waals surface area contributed by atoms with E-state index in [2.05, 4.69) is 17.4 Å². The topological polar surface area (TPSA) is 74.1 Å². The first-order valence-corrected chi connectivity index (χ1v) is 13.0. The number of amides is 2. The summed E-state index contributed by atoms with van der Waals surface area (Å²) in [6.07, 6.45) is 0.581. The predicted molar refractivity (Wildman–Crippen MR) is 147 cm³/mol. The second-order valence-electron chi connectivity index (χ2n) is 9.13. The average Bonchev–Trinajstić information content (AvgIpc) is 3.22. The van der Waals surface area contributed by atoms with Crippen LogP contribution in [-0.4, -0.2) is 33.0 Å². The normalized spacial score (nSPS) is 17.2. The Hall–Kier alpha value is -3.71. The highest BCUT2D eigenvalue weighted by Crippen LogP contribution is 2.39. The molecule has 2 heterocycles. The quantitative estimate of drug-likeness (QED) is 0.464. The molecule has 0 radical (unpaired) electrons. The number of carbonyl (C=O) groups excluding carboxylic acids is 2. The third kappa shape index (κ3) is 4.35. The largest absolute Gasteiger partial charge is 0.325 e. The summed E-state index contributed by atoms with van der Waals surface area (Å²) in [6.45, 7) is 8.02. The fraction of sp³-hybridized carbons (Fsp3) is 0.241. The fourth-order valence-electron chi connectivity index (χ4n) is 4.71. The number of carbonyl (C=O) groups is 2. The first-order chi connectivity index (χ1) is 17.4. The summed E-state index contributed by atoms with van der Waals surface area (Å²) in [5.74, 6) is 0.323. The summed E-state index contributed by atoms with van der Waals surface area (Å²) in [7, 11) is 0. The van der Waals surface area contributed by atoms with Crippen LogP contribution in [0.4, 0.5) is 11.4 Å². The zero-order valence-corrected chi connectivity index (χ0v) is 21.6. The van der Waals surface area contributed by atoms with Crippen molar-refractivity contribution in [3.63, 3.8) is 0 Å². The number of aryl methyl sites for hydroxylation is 3. The van der Waals surface area contributed by atoms with Crippen molar-refractivity contribution in [2.24, 2.45) is 9.98 Å². The van der Waals surface area contributed by atoms with Crippen molar-refractivity contribution in [1.82, 2.24) is 4.90 Å². The second-order valence-corrected chi connectivity index (χ2v) is 10.3. The molecule has 0 aromatic heterocycles. The van der Waals surface area contributed by atoms with Gasteiger partial charge in [0.1, 0.15) is 5.84 Å². The molecule has 6 nitrogen and oxygen atoms in total. The van der Waals surface area contributed by atoms with Gasteiger partial charge in [0.25, 0.3) is 5.91 Å². The monoisotopic (exact) mass is 496 g/mol. The van der Waals surface area contributed by atoms with Gasteiger partial charge in [0.05, 0.1) is 10.9 Å². The summed E-state index contributed by atoms with van der Waals surface area (Å²) < 4.78 is 0. The molecule has 0 unspecified atom stereocenters. The maximum Gasteiger partial charge on any atom is 0.263 e. The summed E-state index contributed by atoms with van der Waals surface area (Å²) in [5, 5.41) is 3.17. The maximum absolute atomic E-state index is 13.6. The van der Waals surface area contributed by atoms with Crippen LogP contribution in [0.25, 0.3) is 0 Å². The van der Waals surface area contributed by atoms with E-state index in [1.807, 2.05) is 82.3 Å². The minimum atomic E-state index is -0.634. The van der Waals surface area contributed by atoms with Gasteiger partial charge in [-0.2, -0.15) is 0 Å². The van der Waals surface area contributed by atoms with E-state index < -0.39 is 11.3 Å². The van der Waals surface area contributed by atoms with Gasteiger partial charge in [-0.1, -0.05) is 78.8 Å². The number of para-hydroxylation sites is 1. The number of hydrogen-bond donors (Lipinski definition) is 1. The Morgan fingerprint density at radius 1 is 1.03 bits per heavy atom. The van der Waals surface area contributed by atoms with Gasteiger partial charge < -0.3 is 5.32 Å². The lowest BCUT2D eigenvalue weighted by Gasteiger charge is -2.27. The third-order valence-electron chi connectivity index (χ3n) is 6.42. The summed E-state index contributed by atoms with van der Waals surface area (Å²) in [4.78, 5) is 38.2. The van der Waals surface area contributed by atoms with Crippen molar-refractivity contribution in [3.8, 4) is 0 Å². The molecule has 0 saturated heterocycles. The summed E-state index contributed by atoms with van der Waals surface area (Å²) >= 11 is 1.31. The fourth-order valence-corrected chi connectivity index (χ4v) is 5.73. The van der Waals surface area contributed by atoms with Gasteiger partial charge in [-0.05, 0) is 56.0 Å². The van der Waals surface area contributed by atoms with E-state index in [0.717, 1.165) is 39.2 Å². The van der Waals surface area contributed by atoms with Crippen LogP contribution in [0, 0.1) is 20.8 Å². The summed E-state index contributed by atoms with van der Waals surface area (Å²) in [6, 6.07) is 20.7. The van der Waals surface area contributed by atoms with Gasteiger partial charge in [0.2, 0.25) is 5.91 Å². The van der Waals surface area contributed by atoms with E-state index in [-0.39, 0.29) is 11.8 Å². The molecule has 2 atom stereocenters. The Morgan fingerprint density at radius 3 is 2.39 bits per heavy atom. The molecule has 2 aliphatic rings. The Morgan fingerprint density at radius 2 is 1.69 bits per heavy atom. The number of nitrogens with zero attached hydrogens (tertiary/aromatic N) is 3. The van der Waals surface area contributed by atoms with E-state index in [4.69, 9.17) is 9.98 Å². The first kappa shape index (κ1) is 24.0. The van der Waals surface area contributed by atoms with Crippen molar-refractivity contribution in [2.45, 2.75) is 45.4 Å². The van der Waals surface area contributed by atoms with Crippen LogP contribution in [0.5, 0.6) is 0 Å². The van der Waals surface area contributed by atoms with Gasteiger partial charge in [-0.3, -0.25) is 9.59 Å². The molecule has 3 aromatic rings. The number of amidine groups is 2. The Kier molecular flexibility index (Phi) is 6.49. The van der Waals surface area contributed by atoms with Crippen LogP contribution in [0.1, 0.15) is 47.2 Å². The molecule has 36 heavy (non-hydrogen) atoms. The lowest BCUT2D eigenvalue weighted by atomic mass is 10.0. The number of benzene rings is 3. The Labute approximate surface area is 215 Å². The molecule has 1 N–H and O–H groups in total. The van der Waals surface area contributed by atoms with E-state index in [0.29, 0.717) is 17.4 Å². The molecule has 7 heteroatoms. The van der Waals surface area contributed by atoms with Crippen LogP contribution in [0.2, 0.25) is 0 Å². The molecule has 0 saturated carbocycles. The molecule has 5 rings (SSSR count). The van der Waals surface area contributed by atoms with E-state index in [1.54, 1.807) is 4.90 Å². The van der Waals surface area contributed by atoms with Crippen LogP contribution in [0.15, 0.2) is 76.7 Å². The van der Waals surface area contributed by atoms with Crippen LogP contribution in [-0.2, 0) is 9.59 Å². The molecular formula is C29H28N4O2S. The zero-order chi connectivity index (χ0) is 25.4. The predicted octanol–water partition coefficient (Wildman–Crippen LogP) is 6.09. The standard InChI is InChI=1S/C29H28N4O2S/c1-5-23(27(34)32-24-18(3)15-17(2)16-19(24)4)36-29-30-22-14-10-9-13-21(22)26-31-25(28(35)33(26)29)20-11-7-6-8-12-20/h6-16,23,25H,5H2,1-4H3,(H,32,34)/t23-,25+/m1/s1. The molecule has 3 aromatic carbocycles.